The van der Waals surface area contributed by atoms with Crippen molar-refractivity contribution in [2.24, 2.45) is 11.8 Å². The van der Waals surface area contributed by atoms with E-state index in [4.69, 9.17) is 4.98 Å². The molecule has 1 nitrogen and oxygen atoms in total. The minimum absolute atomic E-state index is 0.765. The Morgan fingerprint density at radius 3 is 2.11 bits per heavy atom. The number of hydrogen-bond donors (Lipinski definition) is 0. The molecule has 1 heterocycles. The normalized spacial score (nSPS) is 18.3. The fourth-order valence-corrected chi connectivity index (χ4v) is 5.90. The smallest absolute Gasteiger partial charge is 0.0702 e. The number of pyridine rings is 1. The first-order chi connectivity index (χ1) is 17.2. The highest BCUT2D eigenvalue weighted by molar-refractivity contribution is 5.59. The highest BCUT2D eigenvalue weighted by Gasteiger charge is 2.22. The number of aromatic nitrogens is 1. The van der Waals surface area contributed by atoms with E-state index in [-0.39, 0.29) is 0 Å². The van der Waals surface area contributed by atoms with Crippen LogP contribution in [-0.4, -0.2) is 4.98 Å². The zero-order valence-electron chi connectivity index (χ0n) is 23.2. The lowest BCUT2D eigenvalue weighted by molar-refractivity contribution is 0.302. The molecule has 0 N–H and O–H groups in total. The Hall–Kier alpha value is -1.63. The van der Waals surface area contributed by atoms with Gasteiger partial charge in [-0.05, 0) is 73.5 Å². The van der Waals surface area contributed by atoms with E-state index >= 15 is 0 Å². The SMILES string of the molecule is CCCCCCCC1CCC(c2ccc(-c3ccc(CCCCCCCC(C)C)cn3)cc2)CC1. The molecule has 0 radical (unpaired) electrons. The van der Waals surface area contributed by atoms with Gasteiger partial charge in [0.1, 0.15) is 0 Å². The Bertz CT molecular complexity index is 780. The Morgan fingerprint density at radius 2 is 1.43 bits per heavy atom. The van der Waals surface area contributed by atoms with Crippen LogP contribution in [-0.2, 0) is 6.42 Å². The molecular formula is C34H53N. The second-order valence-electron chi connectivity index (χ2n) is 11.8. The lowest BCUT2D eigenvalue weighted by Crippen LogP contribution is -2.13. The van der Waals surface area contributed by atoms with Crippen LogP contribution in [0.5, 0.6) is 0 Å². The third-order valence-electron chi connectivity index (χ3n) is 8.31. The molecule has 3 rings (SSSR count). The molecule has 1 aliphatic carbocycles. The molecule has 1 saturated carbocycles. The Labute approximate surface area is 217 Å². The maximum absolute atomic E-state index is 4.80. The number of hydrogen-bond acceptors (Lipinski definition) is 1. The first-order valence-corrected chi connectivity index (χ1v) is 15.2. The summed E-state index contributed by atoms with van der Waals surface area (Å²) in [4.78, 5) is 4.80. The largest absolute Gasteiger partial charge is 0.256 e. The quantitative estimate of drug-likeness (QED) is 0.220. The topological polar surface area (TPSA) is 12.9 Å². The zero-order valence-corrected chi connectivity index (χ0v) is 23.2. The van der Waals surface area contributed by atoms with Crippen molar-refractivity contribution in [3.05, 3.63) is 53.7 Å². The zero-order chi connectivity index (χ0) is 24.7. The molecule has 1 aromatic heterocycles. The first kappa shape index (κ1) is 27.9. The molecule has 0 amide bonds. The molecular weight excluding hydrogens is 422 g/mol. The van der Waals surface area contributed by atoms with E-state index in [1.807, 2.05) is 0 Å². The van der Waals surface area contributed by atoms with Crippen LogP contribution < -0.4 is 0 Å². The number of nitrogens with zero attached hydrogens (tertiary/aromatic N) is 1. The summed E-state index contributed by atoms with van der Waals surface area (Å²) in [7, 11) is 0. The van der Waals surface area contributed by atoms with Crippen molar-refractivity contribution in [3.63, 3.8) is 0 Å². The summed E-state index contributed by atoms with van der Waals surface area (Å²) in [5.41, 5.74) is 5.29. The summed E-state index contributed by atoms with van der Waals surface area (Å²) < 4.78 is 0. The van der Waals surface area contributed by atoms with Gasteiger partial charge < -0.3 is 0 Å². The maximum Gasteiger partial charge on any atom is 0.0702 e. The monoisotopic (exact) mass is 475 g/mol. The fourth-order valence-electron chi connectivity index (χ4n) is 5.90. The molecule has 0 bridgehead atoms. The first-order valence-electron chi connectivity index (χ1n) is 15.2. The van der Waals surface area contributed by atoms with Gasteiger partial charge in [-0.25, -0.2) is 0 Å². The lowest BCUT2D eigenvalue weighted by atomic mass is 9.77. The molecule has 0 aliphatic heterocycles. The molecule has 1 heteroatoms. The van der Waals surface area contributed by atoms with E-state index in [0.29, 0.717) is 0 Å². The molecule has 0 spiro atoms. The van der Waals surface area contributed by atoms with Gasteiger partial charge in [-0.15, -0.1) is 0 Å². The number of aryl methyl sites for hydroxylation is 1. The van der Waals surface area contributed by atoms with E-state index in [1.165, 1.54) is 114 Å². The van der Waals surface area contributed by atoms with Gasteiger partial charge in [0.25, 0.3) is 0 Å². The predicted octanol–water partition coefficient (Wildman–Crippen LogP) is 10.9. The number of benzene rings is 1. The molecule has 2 aromatic rings. The van der Waals surface area contributed by atoms with Gasteiger partial charge in [0, 0.05) is 11.8 Å². The highest BCUT2D eigenvalue weighted by Crippen LogP contribution is 2.38. The van der Waals surface area contributed by atoms with Gasteiger partial charge in [-0.1, -0.05) is 122 Å². The van der Waals surface area contributed by atoms with E-state index in [1.54, 1.807) is 5.56 Å². The number of unbranched alkanes of at least 4 members (excludes halogenated alkanes) is 8. The van der Waals surface area contributed by atoms with E-state index < -0.39 is 0 Å². The standard InChI is InChI=1S/C34H53N/c1-4-5-6-8-12-15-29-17-20-31(21-18-29)32-22-24-33(25-23-32)34-26-19-30(27-35-34)16-13-10-7-9-11-14-28(2)3/h19,22-29,31H,4-18,20-21H2,1-3H3. The number of rotatable bonds is 16. The van der Waals surface area contributed by atoms with Crippen LogP contribution in [0.1, 0.15) is 141 Å². The van der Waals surface area contributed by atoms with E-state index in [2.05, 4.69) is 63.4 Å². The third-order valence-corrected chi connectivity index (χ3v) is 8.31. The summed E-state index contributed by atoms with van der Waals surface area (Å²) in [5, 5.41) is 0. The van der Waals surface area contributed by atoms with Gasteiger partial charge in [-0.2, -0.15) is 0 Å². The van der Waals surface area contributed by atoms with Crippen LogP contribution in [0.3, 0.4) is 0 Å². The molecule has 1 fully saturated rings. The Kier molecular flexibility index (Phi) is 12.9. The Morgan fingerprint density at radius 1 is 0.743 bits per heavy atom. The summed E-state index contributed by atoms with van der Waals surface area (Å²) in [6, 6.07) is 13.9. The van der Waals surface area contributed by atoms with Crippen molar-refractivity contribution >= 4 is 0 Å². The minimum atomic E-state index is 0.765. The van der Waals surface area contributed by atoms with Gasteiger partial charge in [0.05, 0.1) is 5.69 Å². The summed E-state index contributed by atoms with van der Waals surface area (Å²) in [6.07, 6.45) is 25.7. The van der Waals surface area contributed by atoms with Crippen molar-refractivity contribution in [2.75, 3.05) is 0 Å². The van der Waals surface area contributed by atoms with Crippen molar-refractivity contribution in [1.29, 1.82) is 0 Å². The van der Waals surface area contributed by atoms with Crippen LogP contribution in [0.15, 0.2) is 42.6 Å². The van der Waals surface area contributed by atoms with Crippen molar-refractivity contribution in [1.82, 2.24) is 4.98 Å². The average Bonchev–Trinajstić information content (AvgIpc) is 2.89. The van der Waals surface area contributed by atoms with Gasteiger partial charge in [-0.3, -0.25) is 4.98 Å². The van der Waals surface area contributed by atoms with Crippen LogP contribution in [0.25, 0.3) is 11.3 Å². The summed E-state index contributed by atoms with van der Waals surface area (Å²) in [5.74, 6) is 2.60. The van der Waals surface area contributed by atoms with Crippen LogP contribution >= 0.6 is 0 Å². The second-order valence-corrected chi connectivity index (χ2v) is 11.8. The van der Waals surface area contributed by atoms with Gasteiger partial charge in [0.2, 0.25) is 0 Å². The van der Waals surface area contributed by atoms with Crippen LogP contribution in [0.2, 0.25) is 0 Å². The average molecular weight is 476 g/mol. The van der Waals surface area contributed by atoms with Crippen LogP contribution in [0, 0.1) is 11.8 Å². The Balaban J connectivity index is 1.36. The van der Waals surface area contributed by atoms with E-state index in [0.717, 1.165) is 29.9 Å². The highest BCUT2D eigenvalue weighted by atomic mass is 14.7. The van der Waals surface area contributed by atoms with Crippen molar-refractivity contribution < 1.29 is 0 Å². The molecule has 0 atom stereocenters. The van der Waals surface area contributed by atoms with Gasteiger partial charge >= 0.3 is 0 Å². The molecule has 35 heavy (non-hydrogen) atoms. The van der Waals surface area contributed by atoms with E-state index in [9.17, 15) is 0 Å². The molecule has 0 unspecified atom stereocenters. The second kappa shape index (κ2) is 16.2. The summed E-state index contributed by atoms with van der Waals surface area (Å²) >= 11 is 0. The molecule has 194 valence electrons. The fraction of sp³-hybridized carbons (Fsp3) is 0.676. The third kappa shape index (κ3) is 10.5. The van der Waals surface area contributed by atoms with Crippen LogP contribution in [0.4, 0.5) is 0 Å². The predicted molar refractivity (Wildman–Crippen MR) is 154 cm³/mol. The maximum atomic E-state index is 4.80. The van der Waals surface area contributed by atoms with Crippen molar-refractivity contribution in [2.45, 2.75) is 136 Å². The lowest BCUT2D eigenvalue weighted by Gasteiger charge is -2.29. The molecule has 1 aliphatic rings. The summed E-state index contributed by atoms with van der Waals surface area (Å²) in [6.45, 7) is 6.96. The minimum Gasteiger partial charge on any atom is -0.256 e. The molecule has 0 saturated heterocycles. The van der Waals surface area contributed by atoms with Crippen molar-refractivity contribution in [3.8, 4) is 11.3 Å². The molecule has 1 aromatic carbocycles. The van der Waals surface area contributed by atoms with Gasteiger partial charge in [0.15, 0.2) is 0 Å².